The topological polar surface area (TPSA) is 99.1 Å². The van der Waals surface area contributed by atoms with Crippen LogP contribution in [0.5, 0.6) is 0 Å². The minimum atomic E-state index is -0.697. The molecule has 29 heavy (non-hydrogen) atoms. The summed E-state index contributed by atoms with van der Waals surface area (Å²) in [5, 5.41) is 9.02. The Morgan fingerprint density at radius 3 is 2.55 bits per heavy atom. The molecule has 7 heteroatoms. The van der Waals surface area contributed by atoms with Gasteiger partial charge in [0.05, 0.1) is 12.5 Å². The molecule has 0 radical (unpaired) electrons. The van der Waals surface area contributed by atoms with Crippen LogP contribution in [0.15, 0.2) is 47.6 Å². The molecule has 3 aliphatic rings. The smallest absolute Gasteiger partial charge is 0.334 e. The van der Waals surface area contributed by atoms with Gasteiger partial charge in [0.2, 0.25) is 0 Å². The summed E-state index contributed by atoms with van der Waals surface area (Å²) in [6.07, 6.45) is 1.72. The predicted octanol–water partition coefficient (Wildman–Crippen LogP) is 2.02. The van der Waals surface area contributed by atoms with Crippen molar-refractivity contribution in [2.24, 2.45) is 17.8 Å². The van der Waals surface area contributed by atoms with E-state index in [0.29, 0.717) is 0 Å². The number of ether oxygens (including phenoxy) is 3. The van der Waals surface area contributed by atoms with E-state index in [1.165, 1.54) is 13.0 Å². The summed E-state index contributed by atoms with van der Waals surface area (Å²) in [4.78, 5) is 36.3. The first kappa shape index (κ1) is 21.0. The van der Waals surface area contributed by atoms with Crippen LogP contribution in [0.4, 0.5) is 0 Å². The second-order valence-electron chi connectivity index (χ2n) is 7.83. The Hall–Kier alpha value is -2.67. The van der Waals surface area contributed by atoms with Gasteiger partial charge < -0.3 is 19.3 Å². The second-order valence-corrected chi connectivity index (χ2v) is 7.83. The third-order valence-corrected chi connectivity index (χ3v) is 5.92. The number of carbonyl (C=O) groups is 3. The van der Waals surface area contributed by atoms with Crippen molar-refractivity contribution in [3.8, 4) is 0 Å². The molecule has 0 aromatic heterocycles. The lowest BCUT2D eigenvalue weighted by molar-refractivity contribution is -0.150. The number of aliphatic hydroxyl groups is 1. The average molecular weight is 402 g/mol. The van der Waals surface area contributed by atoms with Crippen LogP contribution in [0, 0.1) is 17.8 Å². The van der Waals surface area contributed by atoms with E-state index in [0.717, 1.165) is 11.1 Å². The van der Waals surface area contributed by atoms with Crippen molar-refractivity contribution < 1.29 is 33.7 Å². The van der Waals surface area contributed by atoms with Gasteiger partial charge in [-0.05, 0) is 26.0 Å². The highest BCUT2D eigenvalue weighted by Gasteiger charge is 2.56. The van der Waals surface area contributed by atoms with Gasteiger partial charge in [0, 0.05) is 36.3 Å². The van der Waals surface area contributed by atoms with Crippen LogP contribution >= 0.6 is 0 Å². The molecule has 0 amide bonds. The highest BCUT2D eigenvalue weighted by molar-refractivity contribution is 5.92. The molecule has 6 unspecified atom stereocenters. The SMILES string of the molecule is C=C1C(=O)OC2C1C(OC(=O)C(C)=CCO)CC(=C)C1C(OC(C)=O)C=C(C)C21. The molecule has 1 heterocycles. The van der Waals surface area contributed by atoms with Gasteiger partial charge in [0.15, 0.2) is 0 Å². The fraction of sp³-hybridized carbons (Fsp3) is 0.500. The second kappa shape index (κ2) is 7.99. The van der Waals surface area contributed by atoms with Gasteiger partial charge in [-0.25, -0.2) is 9.59 Å². The van der Waals surface area contributed by atoms with Crippen LogP contribution in [0.3, 0.4) is 0 Å². The van der Waals surface area contributed by atoms with Crippen LogP contribution in [-0.2, 0) is 28.6 Å². The number of rotatable bonds is 4. The molecule has 7 nitrogen and oxygen atoms in total. The van der Waals surface area contributed by atoms with Crippen molar-refractivity contribution in [3.05, 3.63) is 47.6 Å². The summed E-state index contributed by atoms with van der Waals surface area (Å²) < 4.78 is 16.8. The molecule has 1 aliphatic heterocycles. The molecule has 2 fully saturated rings. The molecule has 0 bridgehead atoms. The number of esters is 3. The maximum Gasteiger partial charge on any atom is 0.334 e. The minimum absolute atomic E-state index is 0.238. The van der Waals surface area contributed by atoms with Crippen LogP contribution < -0.4 is 0 Å². The van der Waals surface area contributed by atoms with Crippen LogP contribution in [0.1, 0.15) is 27.2 Å². The molecule has 1 saturated heterocycles. The molecule has 0 aromatic carbocycles. The van der Waals surface area contributed by atoms with Crippen molar-refractivity contribution in [3.63, 3.8) is 0 Å². The van der Waals surface area contributed by atoms with Gasteiger partial charge in [-0.3, -0.25) is 4.79 Å². The first-order valence-electron chi connectivity index (χ1n) is 9.57. The van der Waals surface area contributed by atoms with Crippen molar-refractivity contribution >= 4 is 17.9 Å². The molecule has 0 spiro atoms. The maximum absolute atomic E-state index is 12.5. The zero-order valence-corrected chi connectivity index (χ0v) is 16.8. The first-order valence-corrected chi connectivity index (χ1v) is 9.57. The Morgan fingerprint density at radius 1 is 1.24 bits per heavy atom. The number of hydrogen-bond donors (Lipinski definition) is 1. The highest BCUT2D eigenvalue weighted by Crippen LogP contribution is 2.51. The van der Waals surface area contributed by atoms with Crippen molar-refractivity contribution in [2.45, 2.75) is 45.5 Å². The van der Waals surface area contributed by atoms with Crippen molar-refractivity contribution in [1.29, 1.82) is 0 Å². The van der Waals surface area contributed by atoms with E-state index in [4.69, 9.17) is 19.3 Å². The fourth-order valence-electron chi connectivity index (χ4n) is 4.64. The monoisotopic (exact) mass is 402 g/mol. The third-order valence-electron chi connectivity index (χ3n) is 5.92. The Labute approximate surface area is 169 Å². The Kier molecular flexibility index (Phi) is 5.80. The first-order chi connectivity index (χ1) is 13.6. The highest BCUT2D eigenvalue weighted by atomic mass is 16.6. The summed E-state index contributed by atoms with van der Waals surface area (Å²) in [5.41, 5.74) is 2.22. The average Bonchev–Trinajstić information content (AvgIpc) is 3.05. The van der Waals surface area contributed by atoms with E-state index in [-0.39, 0.29) is 36.0 Å². The molecule has 1 N–H and O–H groups in total. The van der Waals surface area contributed by atoms with Gasteiger partial charge >= 0.3 is 17.9 Å². The zero-order chi connectivity index (χ0) is 21.5. The van der Waals surface area contributed by atoms with E-state index < -0.39 is 42.1 Å². The number of hydrogen-bond acceptors (Lipinski definition) is 7. The maximum atomic E-state index is 12.5. The Balaban J connectivity index is 1.97. The van der Waals surface area contributed by atoms with Gasteiger partial charge in [-0.2, -0.15) is 0 Å². The predicted molar refractivity (Wildman–Crippen MR) is 103 cm³/mol. The van der Waals surface area contributed by atoms with Gasteiger partial charge in [0.1, 0.15) is 18.3 Å². The van der Waals surface area contributed by atoms with Crippen LogP contribution in [-0.4, -0.2) is 47.9 Å². The zero-order valence-electron chi connectivity index (χ0n) is 16.8. The summed E-state index contributed by atoms with van der Waals surface area (Å²) in [7, 11) is 0. The summed E-state index contributed by atoms with van der Waals surface area (Å²) in [5.74, 6) is -2.55. The lowest BCUT2D eigenvalue weighted by Crippen LogP contribution is -2.37. The molecular formula is C22H26O7. The number of fused-ring (bicyclic) bond motifs is 3. The lowest BCUT2D eigenvalue weighted by Gasteiger charge is -2.29. The van der Waals surface area contributed by atoms with Gasteiger partial charge in [0.25, 0.3) is 0 Å². The number of aliphatic hydroxyl groups excluding tert-OH is 1. The summed E-state index contributed by atoms with van der Waals surface area (Å²) >= 11 is 0. The van der Waals surface area contributed by atoms with Crippen molar-refractivity contribution in [1.82, 2.24) is 0 Å². The standard InChI is InChI=1S/C22H26O7/c1-10(6-7-23)21(25)28-16-8-11(2)17-15(27-14(5)24)9-12(3)18(17)20-19(16)13(4)22(26)29-20/h6,9,15-20,23H,2,4,7-8H2,1,3,5H3. The Morgan fingerprint density at radius 2 is 1.93 bits per heavy atom. The lowest BCUT2D eigenvalue weighted by atomic mass is 9.79. The van der Waals surface area contributed by atoms with E-state index in [2.05, 4.69) is 13.2 Å². The van der Waals surface area contributed by atoms with Gasteiger partial charge in [-0.15, -0.1) is 0 Å². The molecular weight excluding hydrogens is 376 g/mol. The van der Waals surface area contributed by atoms with E-state index >= 15 is 0 Å². The fourth-order valence-corrected chi connectivity index (χ4v) is 4.64. The van der Waals surface area contributed by atoms with E-state index in [1.807, 2.05) is 13.0 Å². The number of carbonyl (C=O) groups excluding carboxylic acids is 3. The summed E-state index contributed by atoms with van der Waals surface area (Å²) in [6.45, 7) is 12.6. The van der Waals surface area contributed by atoms with Gasteiger partial charge in [-0.1, -0.05) is 24.3 Å². The molecule has 3 rings (SSSR count). The third kappa shape index (κ3) is 3.79. The molecule has 156 valence electrons. The van der Waals surface area contributed by atoms with Crippen LogP contribution in [0.2, 0.25) is 0 Å². The largest absolute Gasteiger partial charge is 0.458 e. The van der Waals surface area contributed by atoms with E-state index in [1.54, 1.807) is 6.92 Å². The Bertz CT molecular complexity index is 834. The quantitative estimate of drug-likeness (QED) is 0.332. The normalized spacial score (nSPS) is 34.0. The minimum Gasteiger partial charge on any atom is -0.458 e. The molecule has 1 saturated carbocycles. The van der Waals surface area contributed by atoms with Crippen LogP contribution in [0.25, 0.3) is 0 Å². The summed E-state index contributed by atoms with van der Waals surface area (Å²) in [6, 6.07) is 0. The molecule has 2 aliphatic carbocycles. The molecule has 6 atom stereocenters. The molecule has 0 aromatic rings. The van der Waals surface area contributed by atoms with E-state index in [9.17, 15) is 14.4 Å². The van der Waals surface area contributed by atoms with Crippen molar-refractivity contribution in [2.75, 3.05) is 6.61 Å².